The Bertz CT molecular complexity index is 458. The molecule has 0 saturated heterocycles. The van der Waals surface area contributed by atoms with Crippen LogP contribution in [0.1, 0.15) is 39.2 Å². The van der Waals surface area contributed by atoms with E-state index in [1.807, 2.05) is 39.0 Å². The molecule has 0 unspecified atom stereocenters. The molecule has 0 radical (unpaired) electrons. The highest BCUT2D eigenvalue weighted by Gasteiger charge is 2.31. The van der Waals surface area contributed by atoms with Gasteiger partial charge in [-0.1, -0.05) is 30.3 Å². The number of benzene rings is 1. The fourth-order valence-electron chi connectivity index (χ4n) is 2.42. The summed E-state index contributed by atoms with van der Waals surface area (Å²) >= 11 is 0. The maximum absolute atomic E-state index is 11.5. The van der Waals surface area contributed by atoms with E-state index in [0.29, 0.717) is 12.5 Å². The minimum Gasteiger partial charge on any atom is -0.458 e. The van der Waals surface area contributed by atoms with Crippen molar-refractivity contribution in [2.45, 2.75) is 51.9 Å². The Labute approximate surface area is 132 Å². The summed E-state index contributed by atoms with van der Waals surface area (Å²) in [5.41, 5.74) is 0.744. The van der Waals surface area contributed by atoms with E-state index in [1.165, 1.54) is 5.56 Å². The van der Waals surface area contributed by atoms with Crippen LogP contribution in [-0.4, -0.2) is 30.9 Å². The van der Waals surface area contributed by atoms with Crippen molar-refractivity contribution in [3.8, 4) is 0 Å². The quantitative estimate of drug-likeness (QED) is 0.725. The van der Waals surface area contributed by atoms with E-state index in [1.54, 1.807) is 0 Å². The third-order valence-electron chi connectivity index (χ3n) is 3.51. The lowest BCUT2D eigenvalue weighted by molar-refractivity contribution is -0.165. The van der Waals surface area contributed by atoms with Gasteiger partial charge < -0.3 is 14.2 Å². The lowest BCUT2D eigenvalue weighted by atomic mass is 9.83. The van der Waals surface area contributed by atoms with E-state index in [2.05, 4.69) is 12.1 Å². The normalized spacial score (nSPS) is 21.2. The van der Waals surface area contributed by atoms with Gasteiger partial charge >= 0.3 is 5.97 Å². The number of hydrogen-bond acceptors (Lipinski definition) is 4. The van der Waals surface area contributed by atoms with Crippen LogP contribution in [0.4, 0.5) is 0 Å². The van der Waals surface area contributed by atoms with E-state index in [-0.39, 0.29) is 18.7 Å². The second kappa shape index (κ2) is 7.75. The summed E-state index contributed by atoms with van der Waals surface area (Å²) in [6.45, 7) is 7.01. The van der Waals surface area contributed by atoms with Gasteiger partial charge in [-0.2, -0.15) is 0 Å². The van der Waals surface area contributed by atoms with Crippen molar-refractivity contribution in [2.75, 3.05) is 13.2 Å². The lowest BCUT2D eigenvalue weighted by Crippen LogP contribution is -2.36. The molecule has 4 heteroatoms. The maximum Gasteiger partial charge on any atom is 0.332 e. The maximum atomic E-state index is 11.5. The van der Waals surface area contributed by atoms with Crippen molar-refractivity contribution >= 4 is 5.97 Å². The molecule has 4 nitrogen and oxygen atoms in total. The average molecular weight is 306 g/mol. The first-order valence-electron chi connectivity index (χ1n) is 7.87. The first-order valence-corrected chi connectivity index (χ1v) is 7.87. The summed E-state index contributed by atoms with van der Waals surface area (Å²) in [6, 6.07) is 10.2. The molecule has 0 aliphatic heterocycles. The van der Waals surface area contributed by atoms with E-state index in [4.69, 9.17) is 14.2 Å². The Balaban J connectivity index is 1.52. The van der Waals surface area contributed by atoms with Crippen molar-refractivity contribution in [1.29, 1.82) is 0 Å². The van der Waals surface area contributed by atoms with Gasteiger partial charge in [0.2, 0.25) is 0 Å². The van der Waals surface area contributed by atoms with Crippen LogP contribution in [-0.2, 0) is 25.6 Å². The van der Waals surface area contributed by atoms with Crippen LogP contribution >= 0.6 is 0 Å². The van der Waals surface area contributed by atoms with Crippen molar-refractivity contribution in [3.05, 3.63) is 35.9 Å². The molecule has 2 rings (SSSR count). The van der Waals surface area contributed by atoms with E-state index >= 15 is 0 Å². The van der Waals surface area contributed by atoms with Crippen molar-refractivity contribution in [2.24, 2.45) is 5.92 Å². The molecule has 1 aromatic carbocycles. The largest absolute Gasteiger partial charge is 0.458 e. The number of carbonyl (C=O) groups excluding carboxylic acids is 1. The Morgan fingerprint density at radius 1 is 1.18 bits per heavy atom. The van der Waals surface area contributed by atoms with Gasteiger partial charge in [-0.3, -0.25) is 0 Å². The van der Waals surface area contributed by atoms with Crippen molar-refractivity contribution in [1.82, 2.24) is 0 Å². The van der Waals surface area contributed by atoms with Crippen LogP contribution in [0.5, 0.6) is 0 Å². The number of hydrogen-bond donors (Lipinski definition) is 0. The fourth-order valence-corrected chi connectivity index (χ4v) is 2.42. The topological polar surface area (TPSA) is 44.8 Å². The molecule has 0 bridgehead atoms. The Hall–Kier alpha value is -1.39. The summed E-state index contributed by atoms with van der Waals surface area (Å²) < 4.78 is 16.5. The molecule has 0 N–H and O–H groups in total. The zero-order chi connectivity index (χ0) is 16.0. The number of rotatable bonds is 7. The predicted octanol–water partition coefficient (Wildman–Crippen LogP) is 3.34. The van der Waals surface area contributed by atoms with E-state index in [9.17, 15) is 4.79 Å². The van der Waals surface area contributed by atoms with Gasteiger partial charge in [-0.15, -0.1) is 0 Å². The first-order chi connectivity index (χ1) is 10.4. The Morgan fingerprint density at radius 2 is 1.86 bits per heavy atom. The summed E-state index contributed by atoms with van der Waals surface area (Å²) in [4.78, 5) is 11.5. The van der Waals surface area contributed by atoms with Crippen LogP contribution in [0.3, 0.4) is 0 Å². The molecular formula is C18H26O4. The molecule has 1 aliphatic rings. The van der Waals surface area contributed by atoms with Crippen molar-refractivity contribution in [3.63, 3.8) is 0 Å². The summed E-state index contributed by atoms with van der Waals surface area (Å²) in [6.07, 6.45) is 2.08. The molecule has 0 spiro atoms. The van der Waals surface area contributed by atoms with Gasteiger partial charge in [0.1, 0.15) is 12.2 Å². The summed E-state index contributed by atoms with van der Waals surface area (Å²) in [7, 11) is 0. The van der Waals surface area contributed by atoms with Gasteiger partial charge in [-0.05, 0) is 45.1 Å². The third kappa shape index (κ3) is 6.16. The molecular weight excluding hydrogens is 280 g/mol. The highest BCUT2D eigenvalue weighted by molar-refractivity contribution is 5.71. The van der Waals surface area contributed by atoms with Gasteiger partial charge in [0.25, 0.3) is 0 Å². The van der Waals surface area contributed by atoms with Crippen LogP contribution in [0.2, 0.25) is 0 Å². The second-order valence-corrected chi connectivity index (χ2v) is 6.86. The molecule has 1 aliphatic carbocycles. The average Bonchev–Trinajstić information content (AvgIpc) is 2.39. The Kier molecular flexibility index (Phi) is 5.98. The fraction of sp³-hybridized carbons (Fsp3) is 0.611. The zero-order valence-corrected chi connectivity index (χ0v) is 13.7. The van der Waals surface area contributed by atoms with Crippen LogP contribution in [0, 0.1) is 5.92 Å². The predicted molar refractivity (Wildman–Crippen MR) is 84.4 cm³/mol. The van der Waals surface area contributed by atoms with Gasteiger partial charge in [0.05, 0.1) is 19.3 Å². The van der Waals surface area contributed by atoms with Crippen LogP contribution < -0.4 is 0 Å². The summed E-state index contributed by atoms with van der Waals surface area (Å²) in [5, 5.41) is 0. The smallest absolute Gasteiger partial charge is 0.332 e. The lowest BCUT2D eigenvalue weighted by Gasteiger charge is -2.34. The standard InChI is InChI=1S/C18H26O4/c1-18(2,3)22-17(19)13-21-16-9-15(10-16)12-20-11-14-7-5-4-6-8-14/h4-8,15-16H,9-13H2,1-3H3. The zero-order valence-electron chi connectivity index (χ0n) is 13.7. The van der Waals surface area contributed by atoms with E-state index in [0.717, 1.165) is 19.4 Å². The molecule has 0 aromatic heterocycles. The molecule has 0 amide bonds. The molecule has 22 heavy (non-hydrogen) atoms. The molecule has 0 atom stereocenters. The van der Waals surface area contributed by atoms with Gasteiger partial charge in [0.15, 0.2) is 0 Å². The van der Waals surface area contributed by atoms with Gasteiger partial charge in [-0.25, -0.2) is 4.79 Å². The Morgan fingerprint density at radius 3 is 2.50 bits per heavy atom. The van der Waals surface area contributed by atoms with Gasteiger partial charge in [0, 0.05) is 0 Å². The highest BCUT2D eigenvalue weighted by Crippen LogP contribution is 2.30. The number of carbonyl (C=O) groups is 1. The first kappa shape index (κ1) is 17.0. The number of ether oxygens (including phenoxy) is 3. The minimum atomic E-state index is -0.451. The molecule has 122 valence electrons. The third-order valence-corrected chi connectivity index (χ3v) is 3.51. The highest BCUT2D eigenvalue weighted by atomic mass is 16.6. The summed E-state index contributed by atoms with van der Waals surface area (Å²) in [5.74, 6) is 0.239. The molecule has 0 heterocycles. The monoisotopic (exact) mass is 306 g/mol. The van der Waals surface area contributed by atoms with Crippen LogP contribution in [0.25, 0.3) is 0 Å². The van der Waals surface area contributed by atoms with Crippen molar-refractivity contribution < 1.29 is 19.0 Å². The molecule has 1 fully saturated rings. The molecule has 1 aromatic rings. The SMILES string of the molecule is CC(C)(C)OC(=O)COC1CC(COCc2ccccc2)C1. The van der Waals surface area contributed by atoms with E-state index < -0.39 is 5.60 Å². The molecule has 1 saturated carbocycles. The number of esters is 1. The van der Waals surface area contributed by atoms with Crippen LogP contribution in [0.15, 0.2) is 30.3 Å². The minimum absolute atomic E-state index is 0.0412. The second-order valence-electron chi connectivity index (χ2n) is 6.86.